The van der Waals surface area contributed by atoms with Crippen molar-refractivity contribution in [3.8, 4) is 0 Å². The van der Waals surface area contributed by atoms with Crippen LogP contribution in [0.15, 0.2) is 48.8 Å². The van der Waals surface area contributed by atoms with Gasteiger partial charge in [0.2, 0.25) is 0 Å². The third-order valence-corrected chi connectivity index (χ3v) is 2.45. The molecule has 0 unspecified atom stereocenters. The molecule has 0 amide bonds. The molecule has 0 saturated carbocycles. The molecule has 2 nitrogen and oxygen atoms in total. The Kier molecular flexibility index (Phi) is 3.10. The highest BCUT2D eigenvalue weighted by Gasteiger charge is 2.02. The lowest BCUT2D eigenvalue weighted by molar-refractivity contribution is 0.101. The second-order valence-electron chi connectivity index (χ2n) is 3.80. The lowest BCUT2D eigenvalue weighted by atomic mass is 10.0. The molecular weight excluding hydrogens is 198 g/mol. The molecule has 0 aliphatic carbocycles. The number of carbonyl (C=O) groups excluding carboxylic acids is 1. The van der Waals surface area contributed by atoms with Gasteiger partial charge in [-0.05, 0) is 30.5 Å². The summed E-state index contributed by atoms with van der Waals surface area (Å²) in [6.07, 6.45) is 4.23. The Morgan fingerprint density at radius 3 is 2.56 bits per heavy atom. The summed E-state index contributed by atoms with van der Waals surface area (Å²) in [5.74, 6) is 0.0578. The average molecular weight is 211 g/mol. The first-order chi connectivity index (χ1) is 7.75. The molecular formula is C14H13NO. The fourth-order valence-corrected chi connectivity index (χ4v) is 1.61. The van der Waals surface area contributed by atoms with Gasteiger partial charge in [-0.15, -0.1) is 0 Å². The van der Waals surface area contributed by atoms with Crippen molar-refractivity contribution in [3.63, 3.8) is 0 Å². The van der Waals surface area contributed by atoms with Gasteiger partial charge in [-0.3, -0.25) is 9.78 Å². The maximum Gasteiger partial charge on any atom is 0.161 e. The van der Waals surface area contributed by atoms with Crippen LogP contribution < -0.4 is 0 Å². The molecule has 0 spiro atoms. The average Bonchev–Trinajstić information content (AvgIpc) is 2.30. The van der Waals surface area contributed by atoms with Crippen molar-refractivity contribution in [1.29, 1.82) is 0 Å². The van der Waals surface area contributed by atoms with Crippen LogP contribution in [0.25, 0.3) is 0 Å². The summed E-state index contributed by atoms with van der Waals surface area (Å²) in [4.78, 5) is 15.3. The molecule has 1 aromatic heterocycles. The zero-order valence-electron chi connectivity index (χ0n) is 9.18. The summed E-state index contributed by atoms with van der Waals surface area (Å²) in [5, 5.41) is 0. The third-order valence-electron chi connectivity index (χ3n) is 2.45. The van der Waals surface area contributed by atoms with Crippen molar-refractivity contribution >= 4 is 5.78 Å². The van der Waals surface area contributed by atoms with Gasteiger partial charge >= 0.3 is 0 Å². The minimum atomic E-state index is 0.0578. The van der Waals surface area contributed by atoms with Crippen molar-refractivity contribution in [2.75, 3.05) is 0 Å². The molecule has 80 valence electrons. The molecule has 0 radical (unpaired) electrons. The predicted molar refractivity (Wildman–Crippen MR) is 63.5 cm³/mol. The summed E-state index contributed by atoms with van der Waals surface area (Å²) in [6.45, 7) is 1.56. The van der Waals surface area contributed by atoms with E-state index in [1.807, 2.05) is 24.3 Å². The number of benzene rings is 1. The number of hydrogen-bond acceptors (Lipinski definition) is 2. The first-order valence-corrected chi connectivity index (χ1v) is 5.24. The zero-order chi connectivity index (χ0) is 11.4. The molecule has 0 fully saturated rings. The fourth-order valence-electron chi connectivity index (χ4n) is 1.61. The minimum Gasteiger partial charge on any atom is -0.294 e. The predicted octanol–water partition coefficient (Wildman–Crippen LogP) is 2.88. The van der Waals surface area contributed by atoms with Crippen LogP contribution in [0, 0.1) is 0 Å². The number of carbonyl (C=O) groups is 1. The Morgan fingerprint density at radius 2 is 1.88 bits per heavy atom. The molecule has 1 heterocycles. The monoisotopic (exact) mass is 211 g/mol. The van der Waals surface area contributed by atoms with Gasteiger partial charge in [0.1, 0.15) is 0 Å². The molecule has 16 heavy (non-hydrogen) atoms. The summed E-state index contributed by atoms with van der Waals surface area (Å²) >= 11 is 0. The smallest absolute Gasteiger partial charge is 0.161 e. The second-order valence-corrected chi connectivity index (χ2v) is 3.80. The van der Waals surface area contributed by atoms with E-state index in [1.54, 1.807) is 19.3 Å². The molecule has 2 heteroatoms. The number of ketones is 1. The molecule has 1 aromatic carbocycles. The van der Waals surface area contributed by atoms with Crippen LogP contribution in [0.2, 0.25) is 0 Å². The molecule has 0 atom stereocenters. The highest BCUT2D eigenvalue weighted by Crippen LogP contribution is 2.10. The summed E-state index contributed by atoms with van der Waals surface area (Å²) < 4.78 is 0. The number of aromatic nitrogens is 1. The highest BCUT2D eigenvalue weighted by molar-refractivity contribution is 5.93. The standard InChI is InChI=1S/C14H13NO/c1-11(16)14-8-13(9-15-10-14)7-12-5-3-2-4-6-12/h2-6,8-10H,7H2,1H3. The molecule has 0 saturated heterocycles. The van der Waals surface area contributed by atoms with Gasteiger partial charge in [-0.2, -0.15) is 0 Å². The van der Waals surface area contributed by atoms with E-state index in [4.69, 9.17) is 0 Å². The summed E-state index contributed by atoms with van der Waals surface area (Å²) in [6, 6.07) is 12.1. The maximum absolute atomic E-state index is 11.2. The minimum absolute atomic E-state index is 0.0578. The van der Waals surface area contributed by atoms with Crippen molar-refractivity contribution in [3.05, 3.63) is 65.5 Å². The molecule has 2 rings (SSSR count). The Morgan fingerprint density at radius 1 is 1.12 bits per heavy atom. The van der Waals surface area contributed by atoms with E-state index in [0.717, 1.165) is 12.0 Å². The van der Waals surface area contributed by atoms with E-state index in [1.165, 1.54) is 5.56 Å². The van der Waals surface area contributed by atoms with Crippen molar-refractivity contribution in [2.45, 2.75) is 13.3 Å². The summed E-state index contributed by atoms with van der Waals surface area (Å²) in [7, 11) is 0. The number of Topliss-reactive ketones (excluding diaryl/α,β-unsaturated/α-hetero) is 1. The van der Waals surface area contributed by atoms with Crippen molar-refractivity contribution in [1.82, 2.24) is 4.98 Å². The van der Waals surface area contributed by atoms with Crippen molar-refractivity contribution in [2.24, 2.45) is 0 Å². The Balaban J connectivity index is 2.22. The molecule has 0 N–H and O–H groups in total. The molecule has 0 bridgehead atoms. The molecule has 2 aromatic rings. The lowest BCUT2D eigenvalue weighted by Gasteiger charge is -2.02. The number of rotatable bonds is 3. The normalized spacial score (nSPS) is 10.1. The van der Waals surface area contributed by atoms with Crippen LogP contribution in [0.3, 0.4) is 0 Å². The van der Waals surface area contributed by atoms with Crippen LogP contribution in [-0.2, 0) is 6.42 Å². The summed E-state index contributed by atoms with van der Waals surface area (Å²) in [5.41, 5.74) is 2.97. The SMILES string of the molecule is CC(=O)c1cncc(Cc2ccccc2)c1. The number of pyridine rings is 1. The van der Waals surface area contributed by atoms with E-state index >= 15 is 0 Å². The van der Waals surface area contributed by atoms with Gasteiger partial charge in [0.15, 0.2) is 5.78 Å². The van der Waals surface area contributed by atoms with Crippen LogP contribution >= 0.6 is 0 Å². The molecule has 0 aliphatic rings. The van der Waals surface area contributed by atoms with Gasteiger partial charge in [-0.1, -0.05) is 30.3 Å². The van der Waals surface area contributed by atoms with Gasteiger partial charge in [0, 0.05) is 18.0 Å². The van der Waals surface area contributed by atoms with Crippen LogP contribution in [-0.4, -0.2) is 10.8 Å². The van der Waals surface area contributed by atoms with E-state index in [0.29, 0.717) is 5.56 Å². The van der Waals surface area contributed by atoms with E-state index in [2.05, 4.69) is 17.1 Å². The quantitative estimate of drug-likeness (QED) is 0.731. The Labute approximate surface area is 95.0 Å². The van der Waals surface area contributed by atoms with Gasteiger partial charge < -0.3 is 0 Å². The van der Waals surface area contributed by atoms with Gasteiger partial charge in [-0.25, -0.2) is 0 Å². The van der Waals surface area contributed by atoms with Gasteiger partial charge in [0.25, 0.3) is 0 Å². The maximum atomic E-state index is 11.2. The van der Waals surface area contributed by atoms with E-state index in [-0.39, 0.29) is 5.78 Å². The zero-order valence-corrected chi connectivity index (χ0v) is 9.18. The van der Waals surface area contributed by atoms with Crippen LogP contribution in [0.1, 0.15) is 28.4 Å². The number of hydrogen-bond donors (Lipinski definition) is 0. The second kappa shape index (κ2) is 4.71. The van der Waals surface area contributed by atoms with Crippen molar-refractivity contribution < 1.29 is 4.79 Å². The largest absolute Gasteiger partial charge is 0.294 e. The third kappa shape index (κ3) is 2.54. The first-order valence-electron chi connectivity index (χ1n) is 5.24. The molecule has 0 aliphatic heterocycles. The first kappa shape index (κ1) is 10.6. The topological polar surface area (TPSA) is 30.0 Å². The highest BCUT2D eigenvalue weighted by atomic mass is 16.1. The Hall–Kier alpha value is -1.96. The fraction of sp³-hybridized carbons (Fsp3) is 0.143. The Bertz CT molecular complexity index is 491. The van der Waals surface area contributed by atoms with E-state index < -0.39 is 0 Å². The van der Waals surface area contributed by atoms with E-state index in [9.17, 15) is 4.79 Å². The van der Waals surface area contributed by atoms with Crippen LogP contribution in [0.4, 0.5) is 0 Å². The van der Waals surface area contributed by atoms with Crippen LogP contribution in [0.5, 0.6) is 0 Å². The number of nitrogens with zero attached hydrogens (tertiary/aromatic N) is 1. The van der Waals surface area contributed by atoms with Gasteiger partial charge in [0.05, 0.1) is 0 Å². The lowest BCUT2D eigenvalue weighted by Crippen LogP contribution is -1.96.